The second kappa shape index (κ2) is 5.19. The van der Waals surface area contributed by atoms with Gasteiger partial charge in [-0.2, -0.15) is 0 Å². The molecule has 1 rings (SSSR count). The predicted molar refractivity (Wildman–Crippen MR) is 58.0 cm³/mol. The molecule has 0 unspecified atom stereocenters. The number of hydrogen-bond acceptors (Lipinski definition) is 3. The predicted octanol–water partition coefficient (Wildman–Crippen LogP) is 0.956. The van der Waals surface area contributed by atoms with E-state index in [1.165, 1.54) is 19.1 Å². The maximum Gasteiger partial charge on any atom is 0.216 e. The number of amides is 1. The molecule has 4 nitrogen and oxygen atoms in total. The Morgan fingerprint density at radius 3 is 2.80 bits per heavy atom. The molecule has 0 aliphatic carbocycles. The first kappa shape index (κ1) is 11.3. The largest absolute Gasteiger partial charge is 0.397 e. The van der Waals surface area contributed by atoms with E-state index < -0.39 is 0 Å². The van der Waals surface area contributed by atoms with E-state index in [0.29, 0.717) is 24.5 Å². The van der Waals surface area contributed by atoms with Crippen molar-refractivity contribution in [1.82, 2.24) is 5.32 Å². The number of nitrogens with two attached hydrogens (primary N) is 1. The molecular formula is C10H14FN3O. The summed E-state index contributed by atoms with van der Waals surface area (Å²) in [5.41, 5.74) is 6.60. The minimum atomic E-state index is -0.361. The molecule has 0 aliphatic heterocycles. The molecule has 1 amide bonds. The fourth-order valence-corrected chi connectivity index (χ4v) is 1.13. The molecule has 15 heavy (non-hydrogen) atoms. The van der Waals surface area contributed by atoms with E-state index in [1.807, 2.05) is 0 Å². The van der Waals surface area contributed by atoms with Crippen molar-refractivity contribution in [3.8, 4) is 0 Å². The minimum absolute atomic E-state index is 0.0797. The molecule has 0 aromatic heterocycles. The van der Waals surface area contributed by atoms with Crippen LogP contribution in [0.5, 0.6) is 0 Å². The van der Waals surface area contributed by atoms with Gasteiger partial charge in [0.1, 0.15) is 5.82 Å². The lowest BCUT2D eigenvalue weighted by atomic mass is 10.2. The van der Waals surface area contributed by atoms with Crippen molar-refractivity contribution in [3.63, 3.8) is 0 Å². The van der Waals surface area contributed by atoms with Crippen molar-refractivity contribution in [3.05, 3.63) is 24.0 Å². The van der Waals surface area contributed by atoms with Gasteiger partial charge < -0.3 is 16.4 Å². The highest BCUT2D eigenvalue weighted by molar-refractivity contribution is 5.72. The number of rotatable bonds is 4. The van der Waals surface area contributed by atoms with Gasteiger partial charge >= 0.3 is 0 Å². The monoisotopic (exact) mass is 211 g/mol. The topological polar surface area (TPSA) is 67.2 Å². The van der Waals surface area contributed by atoms with Crippen LogP contribution in [0.2, 0.25) is 0 Å². The molecule has 0 radical (unpaired) electrons. The van der Waals surface area contributed by atoms with E-state index in [1.54, 1.807) is 6.07 Å². The molecule has 0 atom stereocenters. The van der Waals surface area contributed by atoms with Gasteiger partial charge in [-0.3, -0.25) is 4.79 Å². The highest BCUT2D eigenvalue weighted by Gasteiger charge is 1.99. The third-order valence-electron chi connectivity index (χ3n) is 1.83. The fraction of sp³-hybridized carbons (Fsp3) is 0.300. The molecule has 0 fully saturated rings. The molecule has 0 bridgehead atoms. The Hall–Kier alpha value is -1.78. The third-order valence-corrected chi connectivity index (χ3v) is 1.83. The van der Waals surface area contributed by atoms with Crippen molar-refractivity contribution in [2.24, 2.45) is 0 Å². The summed E-state index contributed by atoms with van der Waals surface area (Å²) < 4.78 is 12.7. The van der Waals surface area contributed by atoms with Crippen LogP contribution in [0, 0.1) is 5.82 Å². The average molecular weight is 211 g/mol. The molecule has 82 valence electrons. The lowest BCUT2D eigenvalue weighted by Gasteiger charge is -2.09. The number of nitrogens with one attached hydrogen (secondary N) is 2. The Morgan fingerprint density at radius 2 is 2.20 bits per heavy atom. The van der Waals surface area contributed by atoms with E-state index in [-0.39, 0.29) is 11.7 Å². The highest BCUT2D eigenvalue weighted by atomic mass is 19.1. The van der Waals surface area contributed by atoms with Crippen LogP contribution >= 0.6 is 0 Å². The van der Waals surface area contributed by atoms with Crippen molar-refractivity contribution in [1.29, 1.82) is 0 Å². The van der Waals surface area contributed by atoms with Gasteiger partial charge in [-0.1, -0.05) is 0 Å². The first-order valence-electron chi connectivity index (χ1n) is 4.63. The Bertz CT molecular complexity index is 355. The Labute approximate surface area is 87.7 Å². The summed E-state index contributed by atoms with van der Waals surface area (Å²) in [6, 6.07) is 4.15. The van der Waals surface area contributed by atoms with Gasteiger partial charge in [0.05, 0.1) is 11.4 Å². The number of nitrogen functional groups attached to an aromatic ring is 1. The lowest BCUT2D eigenvalue weighted by Crippen LogP contribution is -2.26. The summed E-state index contributed by atoms with van der Waals surface area (Å²) in [7, 11) is 0. The third kappa shape index (κ3) is 3.84. The Balaban J connectivity index is 2.40. The maximum absolute atomic E-state index is 12.7. The molecule has 1 aromatic rings. The first-order valence-corrected chi connectivity index (χ1v) is 4.63. The van der Waals surface area contributed by atoms with Gasteiger partial charge in [-0.15, -0.1) is 0 Å². The SMILES string of the molecule is CC(=O)NCCNc1ccc(F)cc1N. The fourth-order valence-electron chi connectivity index (χ4n) is 1.13. The molecule has 0 aliphatic rings. The molecular weight excluding hydrogens is 197 g/mol. The highest BCUT2D eigenvalue weighted by Crippen LogP contribution is 2.18. The summed E-state index contributed by atoms with van der Waals surface area (Å²) in [5, 5.41) is 5.62. The zero-order valence-electron chi connectivity index (χ0n) is 8.51. The van der Waals surface area contributed by atoms with Crippen molar-refractivity contribution >= 4 is 17.3 Å². The van der Waals surface area contributed by atoms with Crippen LogP contribution in [0.25, 0.3) is 0 Å². The van der Waals surface area contributed by atoms with Crippen molar-refractivity contribution < 1.29 is 9.18 Å². The second-order valence-corrected chi connectivity index (χ2v) is 3.14. The number of halogens is 1. The zero-order valence-corrected chi connectivity index (χ0v) is 8.51. The van der Waals surface area contributed by atoms with Crippen molar-refractivity contribution in [2.45, 2.75) is 6.92 Å². The van der Waals surface area contributed by atoms with Crippen LogP contribution in [0.4, 0.5) is 15.8 Å². The molecule has 4 N–H and O–H groups in total. The number of carbonyl (C=O) groups excluding carboxylic acids is 1. The van der Waals surface area contributed by atoms with Gasteiger partial charge in [0.2, 0.25) is 5.91 Å². The number of anilines is 2. The summed E-state index contributed by atoms with van der Waals surface area (Å²) in [5.74, 6) is -0.441. The van der Waals surface area contributed by atoms with Crippen LogP contribution in [-0.4, -0.2) is 19.0 Å². The lowest BCUT2D eigenvalue weighted by molar-refractivity contribution is -0.118. The molecule has 0 saturated carbocycles. The summed E-state index contributed by atoms with van der Waals surface area (Å²) in [4.78, 5) is 10.6. The molecule has 1 aromatic carbocycles. The average Bonchev–Trinajstić information content (AvgIpc) is 2.14. The van der Waals surface area contributed by atoms with Gasteiger partial charge in [0.15, 0.2) is 0 Å². The van der Waals surface area contributed by atoms with Crippen molar-refractivity contribution in [2.75, 3.05) is 24.1 Å². The van der Waals surface area contributed by atoms with Crippen LogP contribution in [0.1, 0.15) is 6.92 Å². The molecule has 0 spiro atoms. The van der Waals surface area contributed by atoms with E-state index in [2.05, 4.69) is 10.6 Å². The van der Waals surface area contributed by atoms with Crippen LogP contribution in [0.3, 0.4) is 0 Å². The first-order chi connectivity index (χ1) is 7.09. The minimum Gasteiger partial charge on any atom is -0.397 e. The van der Waals surface area contributed by atoms with E-state index in [9.17, 15) is 9.18 Å². The summed E-state index contributed by atoms with van der Waals surface area (Å²) >= 11 is 0. The smallest absolute Gasteiger partial charge is 0.216 e. The van der Waals surface area contributed by atoms with E-state index in [0.717, 1.165) is 0 Å². The van der Waals surface area contributed by atoms with Gasteiger partial charge in [-0.25, -0.2) is 4.39 Å². The van der Waals surface area contributed by atoms with E-state index >= 15 is 0 Å². The van der Waals surface area contributed by atoms with Gasteiger partial charge in [-0.05, 0) is 18.2 Å². The standard InChI is InChI=1S/C10H14FN3O/c1-7(15)13-4-5-14-10-3-2-8(11)6-9(10)12/h2-3,6,14H,4-5,12H2,1H3,(H,13,15). The normalized spacial score (nSPS) is 9.73. The molecule has 5 heteroatoms. The molecule has 0 saturated heterocycles. The quantitative estimate of drug-likeness (QED) is 0.513. The second-order valence-electron chi connectivity index (χ2n) is 3.14. The van der Waals surface area contributed by atoms with Crippen LogP contribution in [-0.2, 0) is 4.79 Å². The number of carbonyl (C=O) groups is 1. The van der Waals surface area contributed by atoms with Crippen LogP contribution in [0.15, 0.2) is 18.2 Å². The maximum atomic E-state index is 12.7. The number of hydrogen-bond donors (Lipinski definition) is 3. The summed E-state index contributed by atoms with van der Waals surface area (Å²) in [6.45, 7) is 2.51. The zero-order chi connectivity index (χ0) is 11.3. The Morgan fingerprint density at radius 1 is 1.47 bits per heavy atom. The van der Waals surface area contributed by atoms with Gasteiger partial charge in [0, 0.05) is 20.0 Å². The molecule has 0 heterocycles. The number of benzene rings is 1. The van der Waals surface area contributed by atoms with Gasteiger partial charge in [0.25, 0.3) is 0 Å². The van der Waals surface area contributed by atoms with E-state index in [4.69, 9.17) is 5.73 Å². The summed E-state index contributed by atoms with van der Waals surface area (Å²) in [6.07, 6.45) is 0. The van der Waals surface area contributed by atoms with Crippen LogP contribution < -0.4 is 16.4 Å². The Kier molecular flexibility index (Phi) is 3.91.